The molecule has 0 bridgehead atoms. The highest BCUT2D eigenvalue weighted by Crippen LogP contribution is 1.86. The minimum atomic E-state index is 1.82. The summed E-state index contributed by atoms with van der Waals surface area (Å²) in [6.45, 7) is 0. The summed E-state index contributed by atoms with van der Waals surface area (Å²) in [7, 11) is 0. The van der Waals surface area contributed by atoms with Crippen LogP contribution < -0.4 is 0 Å². The number of rotatable bonds is 0. The molecule has 1 rings (SSSR count). The maximum atomic E-state index is 2.91. The lowest BCUT2D eigenvalue weighted by Crippen LogP contribution is -1.53. The molecule has 0 fully saturated rings. The molecule has 0 nitrogen and oxygen atoms in total. The Morgan fingerprint density at radius 3 is 0.875 bits per heavy atom. The Morgan fingerprint density at radius 2 is 0.562 bits per heavy atom. The van der Waals surface area contributed by atoms with Crippen molar-refractivity contribution in [2.45, 2.75) is 0 Å². The number of hydrogen-bond donors (Lipinski definition) is 0. The van der Waals surface area contributed by atoms with Crippen molar-refractivity contribution in [1.82, 2.24) is 0 Å². The van der Waals surface area contributed by atoms with Crippen LogP contribution in [0.4, 0.5) is 0 Å². The predicted octanol–water partition coefficient (Wildman–Crippen LogP) is 4.20. The summed E-state index contributed by atoms with van der Waals surface area (Å²) in [5.74, 6) is 0. The monoisotopic (exact) mass is 206 g/mol. The molecule has 78 valence electrons. The normalized spacial score (nSPS) is 27.0. The lowest BCUT2D eigenvalue weighted by atomic mass is 10.3. The lowest BCUT2D eigenvalue weighted by Gasteiger charge is -1.75. The molecule has 1 aliphatic carbocycles. The Bertz CT molecular complexity index is 406. The van der Waals surface area contributed by atoms with Gasteiger partial charge in [0.25, 0.3) is 0 Å². The third-order valence-electron chi connectivity index (χ3n) is 1.66. The van der Waals surface area contributed by atoms with Crippen molar-refractivity contribution in [3.63, 3.8) is 0 Å². The van der Waals surface area contributed by atoms with E-state index in [0.717, 1.165) is 0 Å². The molecule has 16 heavy (non-hydrogen) atoms. The minimum Gasteiger partial charge on any atom is -0.0702 e. The SMILES string of the molecule is C1=C=C/C=C/C=C\C=C\C=C\C=C/C=C/C=1. The van der Waals surface area contributed by atoms with Crippen LogP contribution in [0.2, 0.25) is 0 Å². The van der Waals surface area contributed by atoms with E-state index in [1.807, 2.05) is 85.1 Å². The Labute approximate surface area is 97.0 Å². The summed E-state index contributed by atoms with van der Waals surface area (Å²) < 4.78 is 0. The van der Waals surface area contributed by atoms with Gasteiger partial charge in [-0.25, -0.2) is 0 Å². The van der Waals surface area contributed by atoms with Gasteiger partial charge in [-0.1, -0.05) is 84.4 Å². The molecule has 0 atom stereocenters. The Balaban J connectivity index is 2.80. The zero-order chi connectivity index (χ0) is 11.3. The summed E-state index contributed by atoms with van der Waals surface area (Å²) in [6.07, 6.45) is 27.2. The molecule has 0 N–H and O–H groups in total. The van der Waals surface area contributed by atoms with Crippen molar-refractivity contribution in [2.24, 2.45) is 0 Å². The molecule has 0 heterocycles. The van der Waals surface area contributed by atoms with Crippen molar-refractivity contribution in [3.05, 3.63) is 96.5 Å². The van der Waals surface area contributed by atoms with Crippen LogP contribution in [0.5, 0.6) is 0 Å². The molecule has 0 heteroatoms. The van der Waals surface area contributed by atoms with Gasteiger partial charge in [-0.2, -0.15) is 0 Å². The van der Waals surface area contributed by atoms with Gasteiger partial charge in [-0.05, 0) is 12.2 Å². The first-order valence-corrected chi connectivity index (χ1v) is 5.16. The van der Waals surface area contributed by atoms with Crippen LogP contribution in [0, 0.1) is 0 Å². The highest BCUT2D eigenvalue weighted by Gasteiger charge is 1.64. The van der Waals surface area contributed by atoms with E-state index in [4.69, 9.17) is 0 Å². The average Bonchev–Trinajstić information content (AvgIpc) is 2.29. The second-order valence-electron chi connectivity index (χ2n) is 2.93. The van der Waals surface area contributed by atoms with Gasteiger partial charge in [0, 0.05) is 0 Å². The zero-order valence-electron chi connectivity index (χ0n) is 9.08. The van der Waals surface area contributed by atoms with Crippen LogP contribution >= 0.6 is 0 Å². The van der Waals surface area contributed by atoms with Crippen molar-refractivity contribution in [1.29, 1.82) is 0 Å². The standard InChI is InChI=1S/C16H14/c1-2-4-6-8-10-12-14-16-15-13-11-9-7-5-3-1/h1-14H/b2-1?,3-1+,4-2+,5-3?,6-4?,7-5-,8-6-,9-7?,10-8?,11-9+,12-10+,13-11?,14-12?. The van der Waals surface area contributed by atoms with Crippen molar-refractivity contribution >= 4 is 0 Å². The molecule has 0 spiro atoms. The average molecular weight is 206 g/mol. The van der Waals surface area contributed by atoms with E-state index in [-0.39, 0.29) is 0 Å². The molecule has 0 aliphatic heterocycles. The molecule has 0 aromatic rings. The van der Waals surface area contributed by atoms with Gasteiger partial charge in [0.2, 0.25) is 0 Å². The Kier molecular flexibility index (Phi) is 6.87. The number of hydrogen-bond acceptors (Lipinski definition) is 0. The van der Waals surface area contributed by atoms with Crippen LogP contribution in [0.1, 0.15) is 0 Å². The summed E-state index contributed by atoms with van der Waals surface area (Å²) in [4.78, 5) is 0. The molecule has 0 radical (unpaired) electrons. The molecule has 0 saturated heterocycles. The summed E-state index contributed by atoms with van der Waals surface area (Å²) in [5, 5.41) is 0. The molecule has 0 aromatic heterocycles. The maximum absolute atomic E-state index is 2.91. The molecular formula is C16H14. The van der Waals surface area contributed by atoms with Crippen LogP contribution in [-0.2, 0) is 0 Å². The topological polar surface area (TPSA) is 0 Å². The third-order valence-corrected chi connectivity index (χ3v) is 1.66. The zero-order valence-corrected chi connectivity index (χ0v) is 9.08. The van der Waals surface area contributed by atoms with Gasteiger partial charge in [-0.15, -0.1) is 0 Å². The Morgan fingerprint density at radius 1 is 0.312 bits per heavy atom. The third kappa shape index (κ3) is 7.17. The van der Waals surface area contributed by atoms with Crippen LogP contribution in [0.3, 0.4) is 0 Å². The van der Waals surface area contributed by atoms with Gasteiger partial charge in [0.1, 0.15) is 0 Å². The second-order valence-corrected chi connectivity index (χ2v) is 2.93. The predicted molar refractivity (Wildman–Crippen MR) is 71.0 cm³/mol. The van der Waals surface area contributed by atoms with E-state index in [2.05, 4.69) is 11.5 Å². The highest BCUT2D eigenvalue weighted by molar-refractivity contribution is 5.21. The maximum Gasteiger partial charge on any atom is -0.0115 e. The number of allylic oxidation sites excluding steroid dienone is 14. The molecular weight excluding hydrogens is 192 g/mol. The Hall–Kier alpha value is -2.26. The fourth-order valence-electron chi connectivity index (χ4n) is 0.945. The molecule has 0 aromatic carbocycles. The summed E-state index contributed by atoms with van der Waals surface area (Å²) in [5.41, 5.74) is 5.82. The molecule has 1 aliphatic rings. The van der Waals surface area contributed by atoms with Gasteiger partial charge in [0.15, 0.2) is 0 Å². The van der Waals surface area contributed by atoms with Crippen LogP contribution in [0.25, 0.3) is 0 Å². The van der Waals surface area contributed by atoms with Crippen molar-refractivity contribution in [3.8, 4) is 0 Å². The summed E-state index contributed by atoms with van der Waals surface area (Å²) in [6, 6.07) is 0. The van der Waals surface area contributed by atoms with Gasteiger partial charge in [-0.3, -0.25) is 0 Å². The van der Waals surface area contributed by atoms with E-state index in [9.17, 15) is 0 Å². The fourth-order valence-corrected chi connectivity index (χ4v) is 0.945. The molecule has 0 amide bonds. The molecule has 0 saturated carbocycles. The largest absolute Gasteiger partial charge is 0.0702 e. The fraction of sp³-hybridized carbons (Fsp3) is 0. The highest BCUT2D eigenvalue weighted by atomic mass is 13.7. The minimum absolute atomic E-state index is 1.82. The first kappa shape index (κ1) is 11.8. The van der Waals surface area contributed by atoms with E-state index in [1.165, 1.54) is 0 Å². The lowest BCUT2D eigenvalue weighted by molar-refractivity contribution is 1.83. The van der Waals surface area contributed by atoms with Crippen LogP contribution in [-0.4, -0.2) is 0 Å². The smallest absolute Gasteiger partial charge is 0.0115 e. The second kappa shape index (κ2) is 9.30. The summed E-state index contributed by atoms with van der Waals surface area (Å²) >= 11 is 0. The van der Waals surface area contributed by atoms with Crippen molar-refractivity contribution in [2.75, 3.05) is 0 Å². The van der Waals surface area contributed by atoms with Gasteiger partial charge in [0.05, 0.1) is 0 Å². The first-order valence-electron chi connectivity index (χ1n) is 5.16. The molecule has 0 unspecified atom stereocenters. The van der Waals surface area contributed by atoms with Crippen molar-refractivity contribution < 1.29 is 0 Å². The van der Waals surface area contributed by atoms with E-state index < -0.39 is 0 Å². The van der Waals surface area contributed by atoms with E-state index in [0.29, 0.717) is 0 Å². The quantitative estimate of drug-likeness (QED) is 0.521. The van der Waals surface area contributed by atoms with E-state index in [1.54, 1.807) is 0 Å². The van der Waals surface area contributed by atoms with Gasteiger partial charge >= 0.3 is 0 Å². The van der Waals surface area contributed by atoms with Crippen LogP contribution in [0.15, 0.2) is 96.5 Å². The van der Waals surface area contributed by atoms with Gasteiger partial charge < -0.3 is 0 Å². The first-order chi connectivity index (χ1) is 8.00. The van der Waals surface area contributed by atoms with E-state index >= 15 is 0 Å².